The van der Waals surface area contributed by atoms with Crippen LogP contribution in [0.15, 0.2) is 54.9 Å². The lowest BCUT2D eigenvalue weighted by molar-refractivity contribution is -0.119. The zero-order valence-corrected chi connectivity index (χ0v) is 13.2. The molecule has 0 aliphatic carbocycles. The van der Waals surface area contributed by atoms with Gasteiger partial charge in [-0.25, -0.2) is 4.98 Å². The Kier molecular flexibility index (Phi) is 4.56. The van der Waals surface area contributed by atoms with Crippen molar-refractivity contribution in [3.05, 3.63) is 66.1 Å². The van der Waals surface area contributed by atoms with E-state index in [-0.39, 0.29) is 17.9 Å². The van der Waals surface area contributed by atoms with Crippen LogP contribution in [-0.4, -0.2) is 32.9 Å². The minimum absolute atomic E-state index is 0.123. The van der Waals surface area contributed by atoms with E-state index in [9.17, 15) is 14.7 Å². The van der Waals surface area contributed by atoms with Crippen LogP contribution >= 0.6 is 0 Å². The van der Waals surface area contributed by atoms with Gasteiger partial charge in [0.15, 0.2) is 0 Å². The number of aromatic hydroxyl groups is 1. The Morgan fingerprint density at radius 1 is 1.12 bits per heavy atom. The van der Waals surface area contributed by atoms with Crippen molar-refractivity contribution in [3.8, 4) is 5.75 Å². The molecule has 126 valence electrons. The smallest absolute Gasteiger partial charge is 0.270 e. The number of carbonyl (C=O) groups is 2. The van der Waals surface area contributed by atoms with Crippen LogP contribution in [0.2, 0.25) is 0 Å². The maximum absolute atomic E-state index is 12.4. The van der Waals surface area contributed by atoms with E-state index < -0.39 is 17.9 Å². The number of hydrogen-bond acceptors (Lipinski definition) is 5. The van der Waals surface area contributed by atoms with Crippen molar-refractivity contribution in [2.75, 3.05) is 0 Å². The summed E-state index contributed by atoms with van der Waals surface area (Å²) < 4.78 is 0. The van der Waals surface area contributed by atoms with Crippen LogP contribution < -0.4 is 11.1 Å². The molecule has 2 aromatic heterocycles. The number of pyridine rings is 2. The molecule has 7 nitrogen and oxygen atoms in total. The standard InChI is InChI=1S/C18H16N4O3/c19-17(24)16(9-11-1-4-13(23)5-2-11)22-18(25)15-6-3-12-10-20-8-7-14(12)21-15/h1-8,10,16,23H,9H2,(H2,19,24)(H,22,25)/t16-/m1/s1. The second-order valence-electron chi connectivity index (χ2n) is 5.56. The van der Waals surface area contributed by atoms with Crippen molar-refractivity contribution in [1.29, 1.82) is 0 Å². The highest BCUT2D eigenvalue weighted by molar-refractivity contribution is 5.97. The Balaban J connectivity index is 1.77. The average molecular weight is 336 g/mol. The SMILES string of the molecule is NC(=O)[C@@H](Cc1ccc(O)cc1)NC(=O)c1ccc2cnccc2n1. The largest absolute Gasteiger partial charge is 0.508 e. The first-order valence-electron chi connectivity index (χ1n) is 7.62. The van der Waals surface area contributed by atoms with E-state index in [2.05, 4.69) is 15.3 Å². The van der Waals surface area contributed by atoms with Gasteiger partial charge in [-0.1, -0.05) is 12.1 Å². The first-order chi connectivity index (χ1) is 12.0. The third-order valence-corrected chi connectivity index (χ3v) is 3.75. The van der Waals surface area contributed by atoms with E-state index >= 15 is 0 Å². The maximum atomic E-state index is 12.4. The van der Waals surface area contributed by atoms with Gasteiger partial charge in [0.25, 0.3) is 5.91 Å². The van der Waals surface area contributed by atoms with E-state index in [1.54, 1.807) is 42.7 Å². The summed E-state index contributed by atoms with van der Waals surface area (Å²) in [5, 5.41) is 12.7. The molecule has 7 heteroatoms. The van der Waals surface area contributed by atoms with E-state index in [1.807, 2.05) is 0 Å². The van der Waals surface area contributed by atoms with Crippen LogP contribution in [0.25, 0.3) is 10.9 Å². The first kappa shape index (κ1) is 16.4. The molecule has 3 aromatic rings. The molecular weight excluding hydrogens is 320 g/mol. The Labute approximate surface area is 143 Å². The topological polar surface area (TPSA) is 118 Å². The highest BCUT2D eigenvalue weighted by atomic mass is 16.3. The van der Waals surface area contributed by atoms with Crippen LogP contribution in [0.3, 0.4) is 0 Å². The monoisotopic (exact) mass is 336 g/mol. The number of nitrogens with one attached hydrogen (secondary N) is 1. The lowest BCUT2D eigenvalue weighted by Crippen LogP contribution is -2.46. The minimum Gasteiger partial charge on any atom is -0.508 e. The van der Waals surface area contributed by atoms with E-state index in [1.165, 1.54) is 12.1 Å². The lowest BCUT2D eigenvalue weighted by atomic mass is 10.0. The number of fused-ring (bicyclic) bond motifs is 1. The van der Waals surface area contributed by atoms with Gasteiger partial charge in [-0.05, 0) is 35.9 Å². The summed E-state index contributed by atoms with van der Waals surface area (Å²) in [4.78, 5) is 32.4. The predicted octanol–water partition coefficient (Wildman–Crippen LogP) is 1.16. The molecule has 0 saturated heterocycles. The lowest BCUT2D eigenvalue weighted by Gasteiger charge is -2.15. The van der Waals surface area contributed by atoms with Crippen LogP contribution in [0.1, 0.15) is 16.1 Å². The summed E-state index contributed by atoms with van der Waals surface area (Å²) in [7, 11) is 0. The van der Waals surface area contributed by atoms with Gasteiger partial charge >= 0.3 is 0 Å². The third-order valence-electron chi connectivity index (χ3n) is 3.75. The van der Waals surface area contributed by atoms with E-state index in [4.69, 9.17) is 5.73 Å². The fourth-order valence-electron chi connectivity index (χ4n) is 2.41. The molecule has 25 heavy (non-hydrogen) atoms. The number of rotatable bonds is 5. The zero-order valence-electron chi connectivity index (χ0n) is 13.2. The second kappa shape index (κ2) is 6.96. The summed E-state index contributed by atoms with van der Waals surface area (Å²) in [6, 6.07) is 10.5. The highest BCUT2D eigenvalue weighted by Gasteiger charge is 2.20. The number of benzene rings is 1. The van der Waals surface area contributed by atoms with Crippen molar-refractivity contribution in [2.24, 2.45) is 5.73 Å². The Hall–Kier alpha value is -3.48. The average Bonchev–Trinajstić information content (AvgIpc) is 2.62. The summed E-state index contributed by atoms with van der Waals surface area (Å²) in [5.74, 6) is -1.01. The number of hydrogen-bond donors (Lipinski definition) is 3. The van der Waals surface area contributed by atoms with Gasteiger partial charge in [0.2, 0.25) is 5.91 Å². The van der Waals surface area contributed by atoms with Crippen LogP contribution in [0, 0.1) is 0 Å². The number of nitrogens with two attached hydrogens (primary N) is 1. The van der Waals surface area contributed by atoms with Gasteiger partial charge in [0.05, 0.1) is 5.52 Å². The quantitative estimate of drug-likeness (QED) is 0.646. The predicted molar refractivity (Wildman–Crippen MR) is 91.8 cm³/mol. The molecule has 0 fully saturated rings. The van der Waals surface area contributed by atoms with Gasteiger partial charge < -0.3 is 16.2 Å². The first-order valence-corrected chi connectivity index (χ1v) is 7.62. The Morgan fingerprint density at radius 3 is 2.60 bits per heavy atom. The number of aromatic nitrogens is 2. The van der Waals surface area contributed by atoms with Crippen molar-refractivity contribution < 1.29 is 14.7 Å². The Bertz CT molecular complexity index is 925. The summed E-state index contributed by atoms with van der Waals surface area (Å²) in [5.41, 5.74) is 6.99. The summed E-state index contributed by atoms with van der Waals surface area (Å²) in [6.45, 7) is 0. The van der Waals surface area contributed by atoms with Gasteiger partial charge in [-0.2, -0.15) is 0 Å². The summed E-state index contributed by atoms with van der Waals surface area (Å²) >= 11 is 0. The second-order valence-corrected chi connectivity index (χ2v) is 5.56. The fourth-order valence-corrected chi connectivity index (χ4v) is 2.41. The van der Waals surface area contributed by atoms with Crippen molar-refractivity contribution in [1.82, 2.24) is 15.3 Å². The van der Waals surface area contributed by atoms with Crippen molar-refractivity contribution in [2.45, 2.75) is 12.5 Å². The molecule has 2 amide bonds. The Morgan fingerprint density at radius 2 is 1.88 bits per heavy atom. The zero-order chi connectivity index (χ0) is 17.8. The van der Waals surface area contributed by atoms with Crippen molar-refractivity contribution >= 4 is 22.7 Å². The third kappa shape index (κ3) is 3.89. The summed E-state index contributed by atoms with van der Waals surface area (Å²) in [6.07, 6.45) is 3.47. The molecule has 0 saturated carbocycles. The molecule has 4 N–H and O–H groups in total. The van der Waals surface area contributed by atoms with Gasteiger partial charge in [0, 0.05) is 24.2 Å². The molecule has 0 aliphatic rings. The van der Waals surface area contributed by atoms with Gasteiger partial charge in [0.1, 0.15) is 17.5 Å². The number of primary amides is 1. The highest BCUT2D eigenvalue weighted by Crippen LogP contribution is 2.13. The molecule has 0 aliphatic heterocycles. The molecule has 0 bridgehead atoms. The minimum atomic E-state index is -0.882. The molecular formula is C18H16N4O3. The number of phenols is 1. The molecule has 0 unspecified atom stereocenters. The van der Waals surface area contributed by atoms with Crippen LogP contribution in [0.4, 0.5) is 0 Å². The van der Waals surface area contributed by atoms with E-state index in [0.29, 0.717) is 5.52 Å². The molecule has 0 radical (unpaired) electrons. The van der Waals surface area contributed by atoms with Gasteiger partial charge in [-0.15, -0.1) is 0 Å². The number of phenolic OH excluding ortho intramolecular Hbond substituents is 1. The molecule has 1 aromatic carbocycles. The molecule has 1 atom stereocenters. The molecule has 3 rings (SSSR count). The normalized spacial score (nSPS) is 11.8. The fraction of sp³-hybridized carbons (Fsp3) is 0.111. The van der Waals surface area contributed by atoms with Crippen LogP contribution in [0.5, 0.6) is 5.75 Å². The van der Waals surface area contributed by atoms with Gasteiger partial charge in [-0.3, -0.25) is 14.6 Å². The molecule has 0 spiro atoms. The van der Waals surface area contributed by atoms with E-state index in [0.717, 1.165) is 10.9 Å². The number of nitrogens with zero attached hydrogens (tertiary/aromatic N) is 2. The maximum Gasteiger partial charge on any atom is 0.270 e. The van der Waals surface area contributed by atoms with Crippen molar-refractivity contribution in [3.63, 3.8) is 0 Å². The number of carbonyl (C=O) groups excluding carboxylic acids is 2. The number of amides is 2. The van der Waals surface area contributed by atoms with Crippen LogP contribution in [-0.2, 0) is 11.2 Å². The molecule has 2 heterocycles.